The van der Waals surface area contributed by atoms with Crippen molar-refractivity contribution in [1.82, 2.24) is 0 Å². The number of hydrogen-bond acceptors (Lipinski definition) is 4. The third-order valence-corrected chi connectivity index (χ3v) is 4.70. The van der Waals surface area contributed by atoms with Gasteiger partial charge >= 0.3 is 0 Å². The third-order valence-electron chi connectivity index (χ3n) is 2.88. The number of halogens is 1. The molecule has 2 aromatic rings. The number of nitrogen functional groups attached to an aromatic ring is 1. The van der Waals surface area contributed by atoms with Crippen LogP contribution in [0.15, 0.2) is 41.3 Å². The molecule has 0 bridgehead atoms. The third kappa shape index (κ3) is 3.10. The normalized spacial score (nSPS) is 10.9. The second-order valence-electron chi connectivity index (χ2n) is 4.40. The van der Waals surface area contributed by atoms with Crippen molar-refractivity contribution < 1.29 is 8.42 Å². The lowest BCUT2D eigenvalue weighted by atomic mass is 10.2. The first-order valence-electron chi connectivity index (χ1n) is 5.92. The Balaban J connectivity index is 2.47. The lowest BCUT2D eigenvalue weighted by Gasteiger charge is -2.13. The molecule has 7 heteroatoms. The Morgan fingerprint density at radius 2 is 2.00 bits per heavy atom. The summed E-state index contributed by atoms with van der Waals surface area (Å²) in [6.07, 6.45) is 0. The SMILES string of the molecule is Cc1cc(C#N)ccc1S(=O)(=O)Nc1c(N)cccc1Cl. The number of nitriles is 1. The monoisotopic (exact) mass is 321 g/mol. The van der Waals surface area contributed by atoms with Gasteiger partial charge in [0.15, 0.2) is 0 Å². The van der Waals surface area contributed by atoms with Crippen LogP contribution in [0.4, 0.5) is 11.4 Å². The minimum absolute atomic E-state index is 0.0702. The fourth-order valence-corrected chi connectivity index (χ4v) is 3.48. The number of benzene rings is 2. The average Bonchev–Trinajstić information content (AvgIpc) is 2.42. The van der Waals surface area contributed by atoms with E-state index in [4.69, 9.17) is 22.6 Å². The van der Waals surface area contributed by atoms with E-state index in [0.29, 0.717) is 11.1 Å². The quantitative estimate of drug-likeness (QED) is 0.849. The van der Waals surface area contributed by atoms with Gasteiger partial charge in [0.2, 0.25) is 0 Å². The lowest BCUT2D eigenvalue weighted by Crippen LogP contribution is -2.15. The summed E-state index contributed by atoms with van der Waals surface area (Å²) in [7, 11) is -3.84. The molecule has 0 aromatic heterocycles. The summed E-state index contributed by atoms with van der Waals surface area (Å²) in [6.45, 7) is 1.62. The summed E-state index contributed by atoms with van der Waals surface area (Å²) in [4.78, 5) is 0.0702. The topological polar surface area (TPSA) is 96.0 Å². The highest BCUT2D eigenvalue weighted by atomic mass is 35.5. The predicted octanol–water partition coefficient (Wildman–Crippen LogP) is 2.90. The first-order chi connectivity index (χ1) is 9.85. The number of rotatable bonds is 3. The largest absolute Gasteiger partial charge is 0.397 e. The fourth-order valence-electron chi connectivity index (χ4n) is 1.86. The maximum Gasteiger partial charge on any atom is 0.262 e. The van der Waals surface area contributed by atoms with Gasteiger partial charge in [-0.25, -0.2) is 8.42 Å². The van der Waals surface area contributed by atoms with E-state index in [1.807, 2.05) is 6.07 Å². The Kier molecular flexibility index (Phi) is 4.07. The number of para-hydroxylation sites is 1. The zero-order valence-corrected chi connectivity index (χ0v) is 12.7. The fraction of sp³-hybridized carbons (Fsp3) is 0.0714. The molecule has 0 unspecified atom stereocenters. The van der Waals surface area contributed by atoms with Crippen LogP contribution in [-0.4, -0.2) is 8.42 Å². The molecule has 0 aliphatic rings. The number of aryl methyl sites for hydroxylation is 1. The second-order valence-corrected chi connectivity index (χ2v) is 6.46. The Bertz CT molecular complexity index is 822. The maximum atomic E-state index is 12.4. The van der Waals surface area contributed by atoms with E-state index in [1.165, 1.54) is 18.2 Å². The molecular formula is C14H12ClN3O2S. The van der Waals surface area contributed by atoms with Gasteiger partial charge in [-0.2, -0.15) is 5.26 Å². The van der Waals surface area contributed by atoms with Gasteiger partial charge in [-0.1, -0.05) is 17.7 Å². The molecule has 0 saturated heterocycles. The van der Waals surface area contributed by atoms with Gasteiger partial charge in [0.05, 0.1) is 32.9 Å². The van der Waals surface area contributed by atoms with Crippen LogP contribution >= 0.6 is 11.6 Å². The number of nitrogens with zero attached hydrogens (tertiary/aromatic N) is 1. The minimum atomic E-state index is -3.84. The average molecular weight is 322 g/mol. The number of sulfonamides is 1. The van der Waals surface area contributed by atoms with E-state index in [2.05, 4.69) is 4.72 Å². The molecule has 0 radical (unpaired) electrons. The Labute approximate surface area is 128 Å². The Hall–Kier alpha value is -2.23. The highest BCUT2D eigenvalue weighted by molar-refractivity contribution is 7.92. The number of anilines is 2. The van der Waals surface area contributed by atoms with Gasteiger partial charge in [0, 0.05) is 0 Å². The predicted molar refractivity (Wildman–Crippen MR) is 82.6 cm³/mol. The standard InChI is InChI=1S/C14H12ClN3O2S/c1-9-7-10(8-16)5-6-13(9)21(19,20)18-14-11(15)3-2-4-12(14)17/h2-7,18H,17H2,1H3. The summed E-state index contributed by atoms with van der Waals surface area (Å²) < 4.78 is 27.2. The molecular weight excluding hydrogens is 310 g/mol. The van der Waals surface area contributed by atoms with Crippen LogP contribution in [-0.2, 0) is 10.0 Å². The van der Waals surface area contributed by atoms with E-state index in [1.54, 1.807) is 25.1 Å². The molecule has 3 N–H and O–H groups in total. The zero-order chi connectivity index (χ0) is 15.6. The molecule has 0 saturated carbocycles. The lowest BCUT2D eigenvalue weighted by molar-refractivity contribution is 0.600. The van der Waals surface area contributed by atoms with Crippen LogP contribution < -0.4 is 10.5 Å². The molecule has 0 amide bonds. The molecule has 0 atom stereocenters. The van der Waals surface area contributed by atoms with Crippen LogP contribution in [0.25, 0.3) is 0 Å². The number of nitrogens with one attached hydrogen (secondary N) is 1. The molecule has 0 spiro atoms. The van der Waals surface area contributed by atoms with Gasteiger partial charge in [0.1, 0.15) is 0 Å². The molecule has 0 fully saturated rings. The van der Waals surface area contributed by atoms with E-state index >= 15 is 0 Å². The summed E-state index contributed by atoms with van der Waals surface area (Å²) in [5.41, 5.74) is 6.97. The first kappa shape index (κ1) is 15.2. The van der Waals surface area contributed by atoms with Crippen LogP contribution in [0.5, 0.6) is 0 Å². The van der Waals surface area contributed by atoms with Gasteiger partial charge < -0.3 is 5.73 Å². The van der Waals surface area contributed by atoms with Crippen molar-refractivity contribution >= 4 is 33.0 Å². The van der Waals surface area contributed by atoms with Crippen molar-refractivity contribution in [3.63, 3.8) is 0 Å². The smallest absolute Gasteiger partial charge is 0.262 e. The molecule has 108 valence electrons. The summed E-state index contributed by atoms with van der Waals surface area (Å²) in [5, 5.41) is 9.03. The molecule has 0 aliphatic heterocycles. The summed E-state index contributed by atoms with van der Waals surface area (Å²) in [6, 6.07) is 11.0. The van der Waals surface area contributed by atoms with Crippen LogP contribution in [0.2, 0.25) is 5.02 Å². The van der Waals surface area contributed by atoms with Crippen LogP contribution in [0, 0.1) is 18.3 Å². The Morgan fingerprint density at radius 1 is 1.29 bits per heavy atom. The summed E-state index contributed by atoms with van der Waals surface area (Å²) in [5.74, 6) is 0. The highest BCUT2D eigenvalue weighted by Gasteiger charge is 2.19. The highest BCUT2D eigenvalue weighted by Crippen LogP contribution is 2.30. The summed E-state index contributed by atoms with van der Waals surface area (Å²) >= 11 is 5.96. The van der Waals surface area contributed by atoms with E-state index in [0.717, 1.165) is 0 Å². The molecule has 21 heavy (non-hydrogen) atoms. The van der Waals surface area contributed by atoms with Gasteiger partial charge in [-0.3, -0.25) is 4.72 Å². The van der Waals surface area contributed by atoms with Gasteiger partial charge in [-0.05, 0) is 42.8 Å². The molecule has 2 aromatic carbocycles. The second kappa shape index (κ2) is 5.64. The maximum absolute atomic E-state index is 12.4. The molecule has 2 rings (SSSR count). The molecule has 0 heterocycles. The van der Waals surface area contributed by atoms with E-state index in [9.17, 15) is 8.42 Å². The number of hydrogen-bond donors (Lipinski definition) is 2. The number of nitrogens with two attached hydrogens (primary N) is 1. The van der Waals surface area contributed by atoms with E-state index < -0.39 is 10.0 Å². The van der Waals surface area contributed by atoms with E-state index in [-0.39, 0.29) is 21.3 Å². The zero-order valence-electron chi connectivity index (χ0n) is 11.1. The van der Waals surface area contributed by atoms with Crippen LogP contribution in [0.3, 0.4) is 0 Å². The molecule has 5 nitrogen and oxygen atoms in total. The van der Waals surface area contributed by atoms with Crippen molar-refractivity contribution in [1.29, 1.82) is 5.26 Å². The van der Waals surface area contributed by atoms with Crippen molar-refractivity contribution in [3.8, 4) is 6.07 Å². The van der Waals surface area contributed by atoms with Crippen LogP contribution in [0.1, 0.15) is 11.1 Å². The van der Waals surface area contributed by atoms with Crippen molar-refractivity contribution in [2.75, 3.05) is 10.5 Å². The van der Waals surface area contributed by atoms with Crippen molar-refractivity contribution in [3.05, 3.63) is 52.5 Å². The first-order valence-corrected chi connectivity index (χ1v) is 7.79. The Morgan fingerprint density at radius 3 is 2.57 bits per heavy atom. The minimum Gasteiger partial charge on any atom is -0.397 e. The van der Waals surface area contributed by atoms with Gasteiger partial charge in [0.25, 0.3) is 10.0 Å². The van der Waals surface area contributed by atoms with Crippen molar-refractivity contribution in [2.45, 2.75) is 11.8 Å². The van der Waals surface area contributed by atoms with Gasteiger partial charge in [-0.15, -0.1) is 0 Å². The van der Waals surface area contributed by atoms with Crippen molar-refractivity contribution in [2.24, 2.45) is 0 Å². The molecule has 0 aliphatic carbocycles.